The second-order valence-electron chi connectivity index (χ2n) is 13.1. The Morgan fingerprint density at radius 2 is 1.78 bits per heavy atom. The number of fused-ring (bicyclic) bond motifs is 7. The molecule has 6 aliphatic rings. The average molecular weight is 447 g/mol. The number of ketones is 1. The largest absolute Gasteiger partial charge is 0.390 e. The molecule has 180 valence electrons. The van der Waals surface area contributed by atoms with E-state index in [1.165, 1.54) is 0 Å². The van der Waals surface area contributed by atoms with Crippen molar-refractivity contribution in [1.82, 2.24) is 0 Å². The molecule has 13 atom stereocenters. The van der Waals surface area contributed by atoms with Crippen LogP contribution >= 0.6 is 0 Å². The van der Waals surface area contributed by atoms with Gasteiger partial charge in [-0.1, -0.05) is 27.7 Å². The van der Waals surface area contributed by atoms with Crippen molar-refractivity contribution in [3.63, 3.8) is 0 Å². The Hall–Kier alpha value is -0.490. The Morgan fingerprint density at radius 1 is 1.00 bits per heavy atom. The molecule has 6 fully saturated rings. The summed E-state index contributed by atoms with van der Waals surface area (Å²) in [7, 11) is 0. The zero-order valence-corrected chi connectivity index (χ0v) is 20.3. The van der Waals surface area contributed by atoms with Gasteiger partial charge < -0.3 is 19.7 Å². The predicted octanol–water partition coefficient (Wildman–Crippen LogP) is 3.94. The van der Waals surface area contributed by atoms with Gasteiger partial charge in [0.15, 0.2) is 5.79 Å². The lowest BCUT2D eigenvalue weighted by molar-refractivity contribution is -0.272. The topological polar surface area (TPSA) is 76.0 Å². The maximum atomic E-state index is 14.0. The Morgan fingerprint density at radius 3 is 2.50 bits per heavy atom. The van der Waals surface area contributed by atoms with Crippen LogP contribution in [0.3, 0.4) is 0 Å². The van der Waals surface area contributed by atoms with Gasteiger partial charge >= 0.3 is 0 Å². The first-order chi connectivity index (χ1) is 15.1. The SMILES string of the molecule is C[C@H]1CC[C@@]2(OC1)O[C@H]1C[C@H]3[C@H]4CC[C@H]5C[C@@H](O)[C@H](O)C[C@]5(C)[C@@H]4CC(=O)[C@]3(C)[C@@H]1[C@@H]2C. The van der Waals surface area contributed by atoms with Gasteiger partial charge in [-0.05, 0) is 73.5 Å². The zero-order chi connectivity index (χ0) is 22.6. The number of aliphatic hydroxyl groups is 2. The van der Waals surface area contributed by atoms with Crippen LogP contribution in [0.1, 0.15) is 79.1 Å². The fourth-order valence-electron chi connectivity index (χ4n) is 9.97. The maximum Gasteiger partial charge on any atom is 0.171 e. The monoisotopic (exact) mass is 446 g/mol. The number of carbonyl (C=O) groups excluding carboxylic acids is 1. The molecule has 0 aromatic heterocycles. The molecule has 5 nitrogen and oxygen atoms in total. The zero-order valence-electron chi connectivity index (χ0n) is 20.3. The third kappa shape index (κ3) is 2.69. The molecule has 2 heterocycles. The van der Waals surface area contributed by atoms with Crippen molar-refractivity contribution in [3.05, 3.63) is 0 Å². The quantitative estimate of drug-likeness (QED) is 0.589. The summed E-state index contributed by atoms with van der Waals surface area (Å²) < 4.78 is 13.2. The Bertz CT molecular complexity index is 789. The summed E-state index contributed by atoms with van der Waals surface area (Å²) in [5.74, 6) is 2.64. The highest BCUT2D eigenvalue weighted by atomic mass is 16.7. The van der Waals surface area contributed by atoms with Gasteiger partial charge in [-0.3, -0.25) is 4.79 Å². The molecule has 2 aliphatic heterocycles. The number of hydrogen-bond donors (Lipinski definition) is 2. The molecule has 2 N–H and O–H groups in total. The van der Waals surface area contributed by atoms with E-state index in [1.54, 1.807) is 0 Å². The Labute approximate surface area is 192 Å². The van der Waals surface area contributed by atoms with Gasteiger partial charge in [0.05, 0.1) is 24.9 Å². The van der Waals surface area contributed by atoms with Gasteiger partial charge in [0.2, 0.25) is 0 Å². The molecular formula is C27H42O5. The van der Waals surface area contributed by atoms with Crippen molar-refractivity contribution in [1.29, 1.82) is 0 Å². The van der Waals surface area contributed by atoms with Gasteiger partial charge in [-0.2, -0.15) is 0 Å². The van der Waals surface area contributed by atoms with Gasteiger partial charge in [0.25, 0.3) is 0 Å². The van der Waals surface area contributed by atoms with Crippen LogP contribution in [0.2, 0.25) is 0 Å². The van der Waals surface area contributed by atoms with Crippen LogP contribution in [0, 0.1) is 52.3 Å². The smallest absolute Gasteiger partial charge is 0.171 e. The lowest BCUT2D eigenvalue weighted by Gasteiger charge is -2.61. The van der Waals surface area contributed by atoms with E-state index in [1.807, 2.05) is 0 Å². The van der Waals surface area contributed by atoms with E-state index >= 15 is 0 Å². The molecule has 1 spiro atoms. The van der Waals surface area contributed by atoms with Crippen LogP contribution in [-0.2, 0) is 14.3 Å². The molecule has 32 heavy (non-hydrogen) atoms. The summed E-state index contributed by atoms with van der Waals surface area (Å²) in [5, 5.41) is 20.8. The first-order valence-corrected chi connectivity index (χ1v) is 13.3. The predicted molar refractivity (Wildman–Crippen MR) is 120 cm³/mol. The van der Waals surface area contributed by atoms with E-state index in [2.05, 4.69) is 27.7 Å². The number of ether oxygens (including phenoxy) is 2. The summed E-state index contributed by atoms with van der Waals surface area (Å²) in [6.07, 6.45) is 6.12. The third-order valence-electron chi connectivity index (χ3n) is 11.8. The normalized spacial score (nSPS) is 61.8. The second-order valence-corrected chi connectivity index (χ2v) is 13.1. The minimum absolute atomic E-state index is 0.0490. The van der Waals surface area contributed by atoms with E-state index in [-0.39, 0.29) is 28.8 Å². The standard InChI is InChI=1S/C27H42O5/c1-14-7-8-27(31-13-14)15(2)24-22(32-27)10-19-17-6-5-16-9-20(28)21(29)12-25(16,3)18(17)11-23(30)26(19,24)4/h14-22,24,28-29H,5-13H2,1-4H3/t14-,15-,16-,17-,18+,19-,20+,21+,22-,24+,25-,26+,27+/m0/s1. The second kappa shape index (κ2) is 7.02. The lowest BCUT2D eigenvalue weighted by Crippen LogP contribution is -2.59. The van der Waals surface area contributed by atoms with Crippen molar-refractivity contribution in [2.75, 3.05) is 6.61 Å². The van der Waals surface area contributed by atoms with Gasteiger partial charge in [0.1, 0.15) is 5.78 Å². The Kier molecular flexibility index (Phi) is 4.83. The van der Waals surface area contributed by atoms with E-state index in [0.717, 1.165) is 38.7 Å². The average Bonchev–Trinajstić information content (AvgIpc) is 3.19. The first-order valence-electron chi connectivity index (χ1n) is 13.3. The molecule has 5 heteroatoms. The van der Waals surface area contributed by atoms with Crippen LogP contribution in [0.4, 0.5) is 0 Å². The molecule has 0 radical (unpaired) electrons. The number of Topliss-reactive ketones (excluding diaryl/α,β-unsaturated/α-hetero) is 1. The highest BCUT2D eigenvalue weighted by Gasteiger charge is 2.71. The fraction of sp³-hybridized carbons (Fsp3) is 0.963. The molecule has 4 saturated carbocycles. The van der Waals surface area contributed by atoms with Crippen molar-refractivity contribution < 1.29 is 24.5 Å². The van der Waals surface area contributed by atoms with Crippen LogP contribution in [-0.4, -0.2) is 46.7 Å². The highest BCUT2D eigenvalue weighted by molar-refractivity contribution is 5.87. The van der Waals surface area contributed by atoms with E-state index < -0.39 is 18.0 Å². The summed E-state index contributed by atoms with van der Waals surface area (Å²) in [6, 6.07) is 0. The molecule has 0 aromatic carbocycles. The number of hydrogen-bond acceptors (Lipinski definition) is 5. The summed E-state index contributed by atoms with van der Waals surface area (Å²) >= 11 is 0. The number of aliphatic hydroxyl groups excluding tert-OH is 2. The minimum atomic E-state index is -0.657. The van der Waals surface area contributed by atoms with Crippen LogP contribution in [0.25, 0.3) is 0 Å². The molecule has 2 saturated heterocycles. The molecule has 0 aromatic rings. The summed E-state index contributed by atoms with van der Waals surface area (Å²) in [5.41, 5.74) is -0.371. The maximum absolute atomic E-state index is 14.0. The molecule has 0 bridgehead atoms. The van der Waals surface area contributed by atoms with Crippen LogP contribution in [0.15, 0.2) is 0 Å². The number of carbonyl (C=O) groups is 1. The van der Waals surface area contributed by atoms with Crippen molar-refractivity contribution >= 4 is 5.78 Å². The van der Waals surface area contributed by atoms with E-state index in [4.69, 9.17) is 9.47 Å². The molecule has 6 rings (SSSR count). The fourth-order valence-corrected chi connectivity index (χ4v) is 9.97. The van der Waals surface area contributed by atoms with Crippen LogP contribution in [0.5, 0.6) is 0 Å². The summed E-state index contributed by atoms with van der Waals surface area (Å²) in [6.45, 7) is 9.86. The van der Waals surface area contributed by atoms with Crippen molar-refractivity contribution in [2.45, 2.75) is 103 Å². The molecule has 0 amide bonds. The molecule has 4 aliphatic carbocycles. The minimum Gasteiger partial charge on any atom is -0.390 e. The van der Waals surface area contributed by atoms with Crippen molar-refractivity contribution in [2.24, 2.45) is 52.3 Å². The van der Waals surface area contributed by atoms with Crippen LogP contribution < -0.4 is 0 Å². The van der Waals surface area contributed by atoms with E-state index in [0.29, 0.717) is 54.6 Å². The van der Waals surface area contributed by atoms with E-state index in [9.17, 15) is 15.0 Å². The van der Waals surface area contributed by atoms with Gasteiger partial charge in [0, 0.05) is 30.1 Å². The highest BCUT2D eigenvalue weighted by Crippen LogP contribution is 2.70. The summed E-state index contributed by atoms with van der Waals surface area (Å²) in [4.78, 5) is 14.0. The lowest BCUT2D eigenvalue weighted by atomic mass is 9.43. The van der Waals surface area contributed by atoms with Gasteiger partial charge in [-0.15, -0.1) is 0 Å². The Balaban J connectivity index is 1.30. The van der Waals surface area contributed by atoms with Gasteiger partial charge in [-0.25, -0.2) is 0 Å². The molecular weight excluding hydrogens is 404 g/mol. The van der Waals surface area contributed by atoms with Crippen molar-refractivity contribution in [3.8, 4) is 0 Å². The third-order valence-corrected chi connectivity index (χ3v) is 11.8. The first kappa shape index (κ1) is 22.0. The number of rotatable bonds is 0. The molecule has 0 unspecified atom stereocenters.